The third-order valence-electron chi connectivity index (χ3n) is 2.85. The van der Waals surface area contributed by atoms with Gasteiger partial charge in [0.2, 0.25) is 0 Å². The Kier molecular flexibility index (Phi) is 3.58. The Morgan fingerprint density at radius 1 is 1.59 bits per heavy atom. The number of halogens is 1. The van der Waals surface area contributed by atoms with Crippen LogP contribution in [-0.4, -0.2) is 33.7 Å². The van der Waals surface area contributed by atoms with Crippen molar-refractivity contribution in [1.82, 2.24) is 4.98 Å². The van der Waals surface area contributed by atoms with Crippen LogP contribution in [0.3, 0.4) is 0 Å². The second-order valence-electron chi connectivity index (χ2n) is 4.80. The van der Waals surface area contributed by atoms with Crippen molar-refractivity contribution < 1.29 is 9.50 Å². The average molecular weight is 256 g/mol. The lowest BCUT2D eigenvalue weighted by Crippen LogP contribution is -2.44. The van der Waals surface area contributed by atoms with Crippen LogP contribution in [0, 0.1) is 5.82 Å². The van der Waals surface area contributed by atoms with Gasteiger partial charge in [-0.3, -0.25) is 0 Å². The van der Waals surface area contributed by atoms with E-state index >= 15 is 0 Å². The second kappa shape index (κ2) is 4.82. The molecule has 1 aliphatic rings. The van der Waals surface area contributed by atoms with E-state index < -0.39 is 5.82 Å². The molecule has 1 saturated heterocycles. The molecule has 2 rings (SSSR count). The maximum absolute atomic E-state index is 14.0. The van der Waals surface area contributed by atoms with Crippen molar-refractivity contribution in [2.45, 2.75) is 25.2 Å². The summed E-state index contributed by atoms with van der Waals surface area (Å²) < 4.78 is 14.2. The van der Waals surface area contributed by atoms with Crippen molar-refractivity contribution in [2.24, 2.45) is 0 Å². The van der Waals surface area contributed by atoms with Gasteiger partial charge in [-0.05, 0) is 19.9 Å². The third-order valence-corrected chi connectivity index (χ3v) is 4.14. The highest BCUT2D eigenvalue weighted by molar-refractivity contribution is 8.00. The Morgan fingerprint density at radius 2 is 2.35 bits per heavy atom. The number of hydrogen-bond acceptors (Lipinski definition) is 4. The zero-order valence-electron chi connectivity index (χ0n) is 10.1. The van der Waals surface area contributed by atoms with E-state index in [-0.39, 0.29) is 11.4 Å². The molecule has 1 aromatic heterocycles. The zero-order chi connectivity index (χ0) is 12.5. The fourth-order valence-electron chi connectivity index (χ4n) is 2.01. The maximum Gasteiger partial charge on any atom is 0.171 e. The van der Waals surface area contributed by atoms with Gasteiger partial charge in [0.25, 0.3) is 0 Å². The quantitative estimate of drug-likeness (QED) is 0.878. The first-order chi connectivity index (χ1) is 8.03. The molecule has 0 radical (unpaired) electrons. The summed E-state index contributed by atoms with van der Waals surface area (Å²) in [4.78, 5) is 6.07. The van der Waals surface area contributed by atoms with Gasteiger partial charge >= 0.3 is 0 Å². The number of aliphatic hydroxyl groups is 1. The van der Waals surface area contributed by atoms with Crippen LogP contribution < -0.4 is 4.90 Å². The fraction of sp³-hybridized carbons (Fsp3) is 0.583. The topological polar surface area (TPSA) is 36.4 Å². The van der Waals surface area contributed by atoms with Gasteiger partial charge in [-0.1, -0.05) is 0 Å². The van der Waals surface area contributed by atoms with E-state index in [1.807, 2.05) is 16.7 Å². The summed E-state index contributed by atoms with van der Waals surface area (Å²) >= 11 is 1.89. The summed E-state index contributed by atoms with van der Waals surface area (Å²) in [6.07, 6.45) is 1.55. The van der Waals surface area contributed by atoms with Crippen LogP contribution in [-0.2, 0) is 6.61 Å². The lowest BCUT2D eigenvalue weighted by atomic mass is 10.1. The molecule has 1 aromatic rings. The van der Waals surface area contributed by atoms with E-state index in [4.69, 9.17) is 5.11 Å². The molecule has 0 aliphatic carbocycles. The van der Waals surface area contributed by atoms with Gasteiger partial charge in [-0.25, -0.2) is 9.37 Å². The predicted molar refractivity (Wildman–Crippen MR) is 68.9 cm³/mol. The summed E-state index contributed by atoms with van der Waals surface area (Å²) in [5.41, 5.74) is 0.311. The minimum absolute atomic E-state index is 0.113. The van der Waals surface area contributed by atoms with Crippen LogP contribution in [0.2, 0.25) is 0 Å². The smallest absolute Gasteiger partial charge is 0.171 e. The van der Waals surface area contributed by atoms with Gasteiger partial charge in [-0.2, -0.15) is 11.8 Å². The Morgan fingerprint density at radius 3 is 3.00 bits per heavy atom. The van der Waals surface area contributed by atoms with E-state index in [2.05, 4.69) is 18.8 Å². The van der Waals surface area contributed by atoms with E-state index in [0.717, 1.165) is 18.8 Å². The summed E-state index contributed by atoms with van der Waals surface area (Å²) in [6.45, 7) is 5.59. The van der Waals surface area contributed by atoms with Gasteiger partial charge in [0.15, 0.2) is 11.6 Å². The van der Waals surface area contributed by atoms with Crippen LogP contribution in [0.4, 0.5) is 10.2 Å². The molecular formula is C12H17FN2OS. The highest BCUT2D eigenvalue weighted by Gasteiger charge is 2.29. The molecule has 0 atom stereocenters. The van der Waals surface area contributed by atoms with Crippen molar-refractivity contribution in [3.05, 3.63) is 23.6 Å². The van der Waals surface area contributed by atoms with E-state index in [1.165, 1.54) is 6.07 Å². The van der Waals surface area contributed by atoms with Crippen LogP contribution in [0.25, 0.3) is 0 Å². The van der Waals surface area contributed by atoms with Gasteiger partial charge in [0, 0.05) is 35.3 Å². The fourth-order valence-corrected chi connectivity index (χ4v) is 3.12. The number of nitrogens with zero attached hydrogens (tertiary/aromatic N) is 2. The highest BCUT2D eigenvalue weighted by atomic mass is 32.2. The average Bonchev–Trinajstić information content (AvgIpc) is 2.28. The van der Waals surface area contributed by atoms with E-state index in [0.29, 0.717) is 11.4 Å². The van der Waals surface area contributed by atoms with Crippen LogP contribution in [0.15, 0.2) is 12.3 Å². The first-order valence-electron chi connectivity index (χ1n) is 5.66. The van der Waals surface area contributed by atoms with Crippen molar-refractivity contribution >= 4 is 17.6 Å². The lowest BCUT2D eigenvalue weighted by molar-refractivity contribution is 0.275. The number of thioether (sulfide) groups is 1. The lowest BCUT2D eigenvalue weighted by Gasteiger charge is -2.38. The first kappa shape index (κ1) is 12.6. The van der Waals surface area contributed by atoms with Crippen molar-refractivity contribution in [3.63, 3.8) is 0 Å². The third kappa shape index (κ3) is 2.72. The number of aliphatic hydroxyl groups excluding tert-OH is 1. The first-order valence-corrected chi connectivity index (χ1v) is 6.65. The molecule has 1 fully saturated rings. The number of pyridine rings is 1. The summed E-state index contributed by atoms with van der Waals surface area (Å²) in [5.74, 6) is 0.944. The van der Waals surface area contributed by atoms with Gasteiger partial charge < -0.3 is 10.0 Å². The molecule has 1 N–H and O–H groups in total. The Balaban J connectivity index is 2.28. The number of anilines is 1. The zero-order valence-corrected chi connectivity index (χ0v) is 10.9. The molecule has 0 bridgehead atoms. The molecule has 0 amide bonds. The SMILES string of the molecule is CC1(C)CN(c2nccc(CO)c2F)CCS1. The minimum atomic E-state index is -0.391. The molecule has 0 aromatic carbocycles. The predicted octanol–water partition coefficient (Wildman–Crippen LogP) is 2.04. The normalized spacial score (nSPS) is 19.4. The summed E-state index contributed by atoms with van der Waals surface area (Å²) in [6, 6.07) is 1.52. The number of rotatable bonds is 2. The van der Waals surface area contributed by atoms with Crippen LogP contribution in [0.5, 0.6) is 0 Å². The van der Waals surface area contributed by atoms with Crippen molar-refractivity contribution in [3.8, 4) is 0 Å². The van der Waals surface area contributed by atoms with Crippen LogP contribution >= 0.6 is 11.8 Å². The molecule has 94 valence electrons. The summed E-state index contributed by atoms with van der Waals surface area (Å²) in [5, 5.41) is 9.05. The van der Waals surface area contributed by atoms with Crippen molar-refractivity contribution in [2.75, 3.05) is 23.7 Å². The largest absolute Gasteiger partial charge is 0.392 e. The monoisotopic (exact) mass is 256 g/mol. The van der Waals surface area contributed by atoms with Gasteiger partial charge in [0.1, 0.15) is 0 Å². The molecule has 17 heavy (non-hydrogen) atoms. The maximum atomic E-state index is 14.0. The standard InChI is InChI=1S/C12H17FN2OS/c1-12(2)8-15(5-6-17-12)11-10(13)9(7-16)3-4-14-11/h3-4,16H,5-8H2,1-2H3. The van der Waals surface area contributed by atoms with E-state index in [9.17, 15) is 4.39 Å². The molecule has 5 heteroatoms. The van der Waals surface area contributed by atoms with E-state index in [1.54, 1.807) is 6.20 Å². The molecule has 0 unspecified atom stereocenters. The Labute approximate surface area is 105 Å². The van der Waals surface area contributed by atoms with Gasteiger partial charge in [0.05, 0.1) is 6.61 Å². The number of aromatic nitrogens is 1. The molecule has 0 spiro atoms. The Bertz CT molecular complexity index is 411. The Hall–Kier alpha value is -0.810. The van der Waals surface area contributed by atoms with Crippen LogP contribution in [0.1, 0.15) is 19.4 Å². The van der Waals surface area contributed by atoms with Crippen molar-refractivity contribution in [1.29, 1.82) is 0 Å². The number of hydrogen-bond donors (Lipinski definition) is 1. The summed E-state index contributed by atoms with van der Waals surface area (Å²) in [7, 11) is 0. The molecule has 2 heterocycles. The second-order valence-corrected chi connectivity index (χ2v) is 6.60. The molecule has 1 aliphatic heterocycles. The van der Waals surface area contributed by atoms with Gasteiger partial charge in [-0.15, -0.1) is 0 Å². The molecule has 3 nitrogen and oxygen atoms in total. The minimum Gasteiger partial charge on any atom is -0.392 e. The molecular weight excluding hydrogens is 239 g/mol. The molecule has 0 saturated carbocycles. The highest BCUT2D eigenvalue weighted by Crippen LogP contribution is 2.32.